The maximum atomic E-state index is 5.54. The molecule has 5 nitrogen and oxygen atoms in total. The maximum absolute atomic E-state index is 5.54. The van der Waals surface area contributed by atoms with E-state index in [1.807, 2.05) is 0 Å². The third-order valence-electron chi connectivity index (χ3n) is 24.7. The van der Waals surface area contributed by atoms with Crippen molar-refractivity contribution in [3.8, 4) is 118 Å². The van der Waals surface area contributed by atoms with Crippen LogP contribution in [0.25, 0.3) is 183 Å². The van der Waals surface area contributed by atoms with E-state index < -0.39 is 0 Å². The minimum atomic E-state index is -0.0601. The summed E-state index contributed by atoms with van der Waals surface area (Å²) in [6, 6.07) is 124. The van der Waals surface area contributed by atoms with Crippen molar-refractivity contribution >= 4 is 65.4 Å². The molecular weight excluding hydrogens is 1310 g/mol. The van der Waals surface area contributed by atoms with Gasteiger partial charge in [0, 0.05) is 82.3 Å². The maximum Gasteiger partial charge on any atom is 0.160 e. The van der Waals surface area contributed by atoms with Crippen LogP contribution in [0.5, 0.6) is 0 Å². The summed E-state index contributed by atoms with van der Waals surface area (Å²) in [5.41, 5.74) is 38.0. The van der Waals surface area contributed by atoms with Gasteiger partial charge in [0.25, 0.3) is 0 Å². The number of benzene rings is 15. The Balaban J connectivity index is 0.656. The molecule has 0 radical (unpaired) electrons. The highest BCUT2D eigenvalue weighted by Gasteiger charge is 2.38. The number of hydrogen-bond acceptors (Lipinski definition) is 2. The Morgan fingerprint density at radius 3 is 0.778 bits per heavy atom. The van der Waals surface area contributed by atoms with Crippen LogP contribution in [-0.4, -0.2) is 23.7 Å². The summed E-state index contributed by atoms with van der Waals surface area (Å²) >= 11 is 0. The third kappa shape index (κ3) is 9.12. The molecule has 0 atom stereocenters. The molecule has 0 amide bonds. The molecule has 108 heavy (non-hydrogen) atoms. The third-order valence-corrected chi connectivity index (χ3v) is 24.7. The van der Waals surface area contributed by atoms with Gasteiger partial charge in [0.1, 0.15) is 0 Å². The van der Waals surface area contributed by atoms with E-state index in [2.05, 4.69) is 389 Å². The fourth-order valence-corrected chi connectivity index (χ4v) is 19.2. The first-order valence-electron chi connectivity index (χ1n) is 37.8. The molecule has 0 spiro atoms. The molecule has 0 N–H and O–H groups in total. The van der Waals surface area contributed by atoms with E-state index in [0.29, 0.717) is 5.82 Å². The highest BCUT2D eigenvalue weighted by molar-refractivity contribution is 6.13. The first-order chi connectivity index (χ1) is 52.8. The number of rotatable bonds is 9. The molecule has 0 unspecified atom stereocenters. The summed E-state index contributed by atoms with van der Waals surface area (Å²) < 4.78 is 7.28. The molecule has 15 aromatic carbocycles. The standard InChI is InChI=1S/C103H73N5/c1-101(2)86-25-13-7-19-74(86)83-55-65(40-52-89(83)101)68-37-49-80-77-22-10-16-28-94(77)106(97(80)58-68)71-43-31-62(32-44-71)92-61-93(63-33-45-72(46-34-63)107-95-29-17-11-23-78(95)81-50-38-69(59-98(81)107)66-41-53-90-84(56-66)75-20-8-14-26-87(75)102(90,3)4)105-100(104-92)64-35-47-73(48-36-64)108-96-30-18-12-24-79(96)82-51-39-70(60-99(82)108)67-42-54-91-85(57-67)76-21-9-15-27-88(76)103(91,5)6/h7-61H,1-6H3. The number of hydrogen-bond donors (Lipinski definition) is 0. The fraction of sp³-hybridized carbons (Fsp3) is 0.0874. The normalized spacial score (nSPS) is 14.1. The molecule has 0 bridgehead atoms. The molecule has 4 aromatic heterocycles. The van der Waals surface area contributed by atoms with E-state index in [1.165, 1.54) is 132 Å². The summed E-state index contributed by atoms with van der Waals surface area (Å²) in [6.45, 7) is 14.1. The molecule has 0 aliphatic heterocycles. The second-order valence-corrected chi connectivity index (χ2v) is 31.6. The Kier molecular flexibility index (Phi) is 13.2. The van der Waals surface area contributed by atoms with Crippen LogP contribution >= 0.6 is 0 Å². The van der Waals surface area contributed by atoms with Gasteiger partial charge in [0.15, 0.2) is 5.82 Å². The first kappa shape index (κ1) is 62.2. The Morgan fingerprint density at radius 2 is 0.444 bits per heavy atom. The van der Waals surface area contributed by atoms with Crippen LogP contribution in [0.2, 0.25) is 0 Å². The number of para-hydroxylation sites is 3. The number of fused-ring (bicyclic) bond motifs is 18. The van der Waals surface area contributed by atoms with Crippen LogP contribution < -0.4 is 0 Å². The van der Waals surface area contributed by atoms with Gasteiger partial charge in [-0.15, -0.1) is 0 Å². The minimum Gasteiger partial charge on any atom is -0.309 e. The van der Waals surface area contributed by atoms with E-state index in [0.717, 1.165) is 78.2 Å². The Morgan fingerprint density at radius 1 is 0.194 bits per heavy atom. The average Bonchev–Trinajstić information content (AvgIpc) is 1.59. The van der Waals surface area contributed by atoms with Crippen LogP contribution in [0.1, 0.15) is 74.9 Å². The second kappa shape index (κ2) is 22.9. The molecule has 3 aliphatic carbocycles. The van der Waals surface area contributed by atoms with E-state index in [4.69, 9.17) is 9.97 Å². The van der Waals surface area contributed by atoms with Crippen LogP contribution in [0.3, 0.4) is 0 Å². The molecule has 22 rings (SSSR count). The van der Waals surface area contributed by atoms with Gasteiger partial charge in [-0.2, -0.15) is 0 Å². The van der Waals surface area contributed by atoms with Gasteiger partial charge in [-0.3, -0.25) is 0 Å². The van der Waals surface area contributed by atoms with Crippen LogP contribution in [0.15, 0.2) is 334 Å². The smallest absolute Gasteiger partial charge is 0.160 e. The fourth-order valence-electron chi connectivity index (χ4n) is 19.2. The zero-order valence-corrected chi connectivity index (χ0v) is 61.0. The van der Waals surface area contributed by atoms with Gasteiger partial charge in [0.2, 0.25) is 0 Å². The van der Waals surface area contributed by atoms with Gasteiger partial charge in [-0.1, -0.05) is 266 Å². The van der Waals surface area contributed by atoms with Crippen LogP contribution in [-0.2, 0) is 16.2 Å². The highest BCUT2D eigenvalue weighted by atomic mass is 15.0. The van der Waals surface area contributed by atoms with Gasteiger partial charge in [0.05, 0.1) is 44.5 Å². The molecule has 510 valence electrons. The van der Waals surface area contributed by atoms with Crippen molar-refractivity contribution in [2.24, 2.45) is 0 Å². The largest absolute Gasteiger partial charge is 0.309 e. The molecule has 5 heteroatoms. The van der Waals surface area contributed by atoms with Gasteiger partial charge < -0.3 is 13.7 Å². The van der Waals surface area contributed by atoms with Crippen molar-refractivity contribution in [3.05, 3.63) is 367 Å². The lowest BCUT2D eigenvalue weighted by atomic mass is 9.82. The van der Waals surface area contributed by atoms with Gasteiger partial charge in [-0.05, 0) is 209 Å². The van der Waals surface area contributed by atoms with E-state index >= 15 is 0 Å². The summed E-state index contributed by atoms with van der Waals surface area (Å²) in [5.74, 6) is 0.648. The SMILES string of the molecule is CC1(C)c2ccccc2-c2cc(-c3ccc4c5ccccc5n(-c5ccc(-c6cc(-c7ccc(-n8c9ccccc9c9ccc(-c%10ccc%11c(c%10)-c%10ccccc%10C%11(C)C)cc98)cc7)nc(-c7ccc(-n8c9ccccc9c9ccc(-c%10ccc%11c(c%10)-c%10ccccc%10C%11(C)C)cc98)cc7)n6)cc5)c4c3)ccc21. The Labute approximate surface area is 627 Å². The number of aromatic nitrogens is 5. The molecule has 0 saturated carbocycles. The topological polar surface area (TPSA) is 40.6 Å². The molecule has 4 heterocycles. The zero-order chi connectivity index (χ0) is 72.1. The van der Waals surface area contributed by atoms with Crippen LogP contribution in [0, 0.1) is 0 Å². The highest BCUT2D eigenvalue weighted by Crippen LogP contribution is 2.54. The van der Waals surface area contributed by atoms with E-state index in [9.17, 15) is 0 Å². The van der Waals surface area contributed by atoms with E-state index in [-0.39, 0.29) is 16.2 Å². The van der Waals surface area contributed by atoms with Crippen LogP contribution in [0.4, 0.5) is 0 Å². The van der Waals surface area contributed by atoms with Crippen molar-refractivity contribution in [1.29, 1.82) is 0 Å². The Bertz CT molecular complexity index is 6370. The van der Waals surface area contributed by atoms with Crippen molar-refractivity contribution in [3.63, 3.8) is 0 Å². The number of nitrogens with zero attached hydrogens (tertiary/aromatic N) is 5. The predicted octanol–water partition coefficient (Wildman–Crippen LogP) is 26.7. The van der Waals surface area contributed by atoms with Crippen molar-refractivity contribution in [2.75, 3.05) is 0 Å². The lowest BCUT2D eigenvalue weighted by Crippen LogP contribution is -2.14. The first-order valence-corrected chi connectivity index (χ1v) is 37.8. The van der Waals surface area contributed by atoms with Crippen molar-refractivity contribution in [1.82, 2.24) is 23.7 Å². The lowest BCUT2D eigenvalue weighted by Gasteiger charge is -2.21. The van der Waals surface area contributed by atoms with Crippen molar-refractivity contribution < 1.29 is 0 Å². The average molecular weight is 1380 g/mol. The summed E-state index contributed by atoms with van der Waals surface area (Å²) in [5, 5.41) is 7.31. The molecule has 3 aliphatic rings. The molecular formula is C103H73N5. The molecule has 19 aromatic rings. The zero-order valence-electron chi connectivity index (χ0n) is 61.0. The minimum absolute atomic E-state index is 0.0591. The molecule has 0 fully saturated rings. The van der Waals surface area contributed by atoms with Crippen molar-refractivity contribution in [2.45, 2.75) is 57.8 Å². The monoisotopic (exact) mass is 1380 g/mol. The summed E-state index contributed by atoms with van der Waals surface area (Å²) in [4.78, 5) is 11.1. The van der Waals surface area contributed by atoms with E-state index in [1.54, 1.807) is 0 Å². The lowest BCUT2D eigenvalue weighted by molar-refractivity contribution is 0.660. The quantitative estimate of drug-likeness (QED) is 0.144. The predicted molar refractivity (Wildman–Crippen MR) is 450 cm³/mol. The van der Waals surface area contributed by atoms with Gasteiger partial charge in [-0.25, -0.2) is 9.97 Å². The molecule has 0 saturated heterocycles. The summed E-state index contributed by atoms with van der Waals surface area (Å²) in [7, 11) is 0. The summed E-state index contributed by atoms with van der Waals surface area (Å²) in [6.07, 6.45) is 0. The Hall–Kier alpha value is -13.2. The van der Waals surface area contributed by atoms with Gasteiger partial charge >= 0.3 is 0 Å². The second-order valence-electron chi connectivity index (χ2n) is 31.6.